The SMILES string of the molecule is CCOC(=O)[C@H](N)[C@H]1CCOC1. The predicted molar refractivity (Wildman–Crippen MR) is 43.5 cm³/mol. The summed E-state index contributed by atoms with van der Waals surface area (Å²) in [7, 11) is 0. The maximum Gasteiger partial charge on any atom is 0.323 e. The monoisotopic (exact) mass is 173 g/mol. The van der Waals surface area contributed by atoms with Crippen LogP contribution in [0.4, 0.5) is 0 Å². The van der Waals surface area contributed by atoms with Gasteiger partial charge in [-0.15, -0.1) is 0 Å². The minimum Gasteiger partial charge on any atom is -0.465 e. The van der Waals surface area contributed by atoms with Gasteiger partial charge in [-0.1, -0.05) is 0 Å². The molecular weight excluding hydrogens is 158 g/mol. The van der Waals surface area contributed by atoms with E-state index in [2.05, 4.69) is 0 Å². The van der Waals surface area contributed by atoms with Crippen LogP contribution in [0, 0.1) is 5.92 Å². The van der Waals surface area contributed by atoms with Gasteiger partial charge in [0.25, 0.3) is 0 Å². The molecule has 4 nitrogen and oxygen atoms in total. The number of hydrogen-bond donors (Lipinski definition) is 1. The summed E-state index contributed by atoms with van der Waals surface area (Å²) >= 11 is 0. The Labute approximate surface area is 72.0 Å². The summed E-state index contributed by atoms with van der Waals surface area (Å²) < 4.78 is 9.92. The van der Waals surface area contributed by atoms with Gasteiger partial charge in [0.05, 0.1) is 13.2 Å². The van der Waals surface area contributed by atoms with E-state index >= 15 is 0 Å². The summed E-state index contributed by atoms with van der Waals surface area (Å²) in [5.74, 6) is -0.169. The quantitative estimate of drug-likeness (QED) is 0.606. The van der Waals surface area contributed by atoms with E-state index in [9.17, 15) is 4.79 Å². The fraction of sp³-hybridized carbons (Fsp3) is 0.875. The van der Waals surface area contributed by atoms with Gasteiger partial charge in [-0.05, 0) is 13.3 Å². The van der Waals surface area contributed by atoms with Crippen LogP contribution in [0.1, 0.15) is 13.3 Å². The third-order valence-corrected chi connectivity index (χ3v) is 2.03. The molecule has 12 heavy (non-hydrogen) atoms. The molecule has 4 heteroatoms. The molecule has 0 bridgehead atoms. The van der Waals surface area contributed by atoms with E-state index < -0.39 is 6.04 Å². The normalized spacial score (nSPS) is 25.3. The largest absolute Gasteiger partial charge is 0.465 e. The lowest BCUT2D eigenvalue weighted by Crippen LogP contribution is -2.39. The standard InChI is InChI=1S/C8H15NO3/c1-2-12-8(10)7(9)6-3-4-11-5-6/h6-7H,2-5,9H2,1H3/t6-,7+/m0/s1. The van der Waals surface area contributed by atoms with Gasteiger partial charge >= 0.3 is 5.97 Å². The van der Waals surface area contributed by atoms with Crippen molar-refractivity contribution in [2.45, 2.75) is 19.4 Å². The molecule has 1 heterocycles. The van der Waals surface area contributed by atoms with Crippen molar-refractivity contribution in [3.63, 3.8) is 0 Å². The molecule has 0 aromatic heterocycles. The van der Waals surface area contributed by atoms with Crippen LogP contribution >= 0.6 is 0 Å². The number of carbonyl (C=O) groups excluding carboxylic acids is 1. The molecule has 1 rings (SSSR count). The molecule has 0 saturated carbocycles. The average molecular weight is 173 g/mol. The Hall–Kier alpha value is -0.610. The number of ether oxygens (including phenoxy) is 2. The first-order chi connectivity index (χ1) is 5.75. The van der Waals surface area contributed by atoms with Crippen LogP contribution in [0.3, 0.4) is 0 Å². The first-order valence-corrected chi connectivity index (χ1v) is 4.25. The maximum atomic E-state index is 11.1. The van der Waals surface area contributed by atoms with E-state index in [1.807, 2.05) is 0 Å². The van der Waals surface area contributed by atoms with Gasteiger partial charge in [0.15, 0.2) is 0 Å². The minimum atomic E-state index is -0.507. The summed E-state index contributed by atoms with van der Waals surface area (Å²) in [6.07, 6.45) is 0.861. The Kier molecular flexibility index (Phi) is 3.49. The van der Waals surface area contributed by atoms with E-state index in [4.69, 9.17) is 15.2 Å². The van der Waals surface area contributed by atoms with Gasteiger partial charge < -0.3 is 15.2 Å². The van der Waals surface area contributed by atoms with Crippen molar-refractivity contribution in [1.82, 2.24) is 0 Å². The third kappa shape index (κ3) is 2.19. The molecule has 0 aliphatic carbocycles. The molecule has 2 atom stereocenters. The second-order valence-electron chi connectivity index (χ2n) is 2.90. The van der Waals surface area contributed by atoms with Crippen LogP contribution < -0.4 is 5.73 Å². The molecule has 1 saturated heterocycles. The molecular formula is C8H15NO3. The fourth-order valence-electron chi connectivity index (χ4n) is 1.27. The van der Waals surface area contributed by atoms with Gasteiger partial charge in [-0.3, -0.25) is 4.79 Å². The Morgan fingerprint density at radius 3 is 3.08 bits per heavy atom. The lowest BCUT2D eigenvalue weighted by atomic mass is 10.0. The lowest BCUT2D eigenvalue weighted by molar-refractivity contribution is -0.146. The van der Waals surface area contributed by atoms with Crippen molar-refractivity contribution < 1.29 is 14.3 Å². The molecule has 0 spiro atoms. The van der Waals surface area contributed by atoms with Crippen molar-refractivity contribution >= 4 is 5.97 Å². The predicted octanol–water partition coefficient (Wildman–Crippen LogP) is -0.0867. The zero-order valence-electron chi connectivity index (χ0n) is 7.29. The van der Waals surface area contributed by atoms with Crippen molar-refractivity contribution in [1.29, 1.82) is 0 Å². The van der Waals surface area contributed by atoms with Crippen molar-refractivity contribution in [3.05, 3.63) is 0 Å². The summed E-state index contributed by atoms with van der Waals surface area (Å²) in [5.41, 5.74) is 5.65. The summed E-state index contributed by atoms with van der Waals surface area (Å²) in [6, 6.07) is -0.507. The Morgan fingerprint density at radius 2 is 2.58 bits per heavy atom. The second kappa shape index (κ2) is 4.42. The summed E-state index contributed by atoms with van der Waals surface area (Å²) in [5, 5.41) is 0. The number of esters is 1. The molecule has 1 aliphatic rings. The fourth-order valence-corrected chi connectivity index (χ4v) is 1.27. The van der Waals surface area contributed by atoms with Crippen molar-refractivity contribution in [2.75, 3.05) is 19.8 Å². The van der Waals surface area contributed by atoms with E-state index in [1.54, 1.807) is 6.92 Å². The topological polar surface area (TPSA) is 61.5 Å². The van der Waals surface area contributed by atoms with Gasteiger partial charge in [-0.25, -0.2) is 0 Å². The van der Waals surface area contributed by atoms with Crippen LogP contribution in [0.15, 0.2) is 0 Å². The van der Waals surface area contributed by atoms with Gasteiger partial charge in [-0.2, -0.15) is 0 Å². The molecule has 0 radical (unpaired) electrons. The molecule has 0 unspecified atom stereocenters. The van der Waals surface area contributed by atoms with Crippen LogP contribution in [-0.2, 0) is 14.3 Å². The zero-order valence-corrected chi connectivity index (χ0v) is 7.29. The average Bonchev–Trinajstić information content (AvgIpc) is 2.55. The molecule has 1 aliphatic heterocycles. The number of carbonyl (C=O) groups is 1. The first kappa shape index (κ1) is 9.48. The number of nitrogens with two attached hydrogens (primary N) is 1. The van der Waals surface area contributed by atoms with Crippen LogP contribution in [-0.4, -0.2) is 31.8 Å². The molecule has 1 fully saturated rings. The summed E-state index contributed by atoms with van der Waals surface area (Å²) in [4.78, 5) is 11.1. The smallest absolute Gasteiger partial charge is 0.323 e. The van der Waals surface area contributed by atoms with Crippen molar-refractivity contribution in [3.8, 4) is 0 Å². The molecule has 2 N–H and O–H groups in total. The third-order valence-electron chi connectivity index (χ3n) is 2.03. The van der Waals surface area contributed by atoms with E-state index in [0.29, 0.717) is 19.8 Å². The maximum absolute atomic E-state index is 11.1. The van der Waals surface area contributed by atoms with Gasteiger partial charge in [0.2, 0.25) is 0 Å². The highest BCUT2D eigenvalue weighted by atomic mass is 16.5. The molecule has 0 amide bonds. The Bertz CT molecular complexity index is 154. The van der Waals surface area contributed by atoms with Gasteiger partial charge in [0, 0.05) is 12.5 Å². The molecule has 0 aromatic rings. The number of hydrogen-bond acceptors (Lipinski definition) is 4. The highest BCUT2D eigenvalue weighted by Crippen LogP contribution is 2.15. The minimum absolute atomic E-state index is 0.143. The summed E-state index contributed by atoms with van der Waals surface area (Å²) in [6.45, 7) is 3.45. The van der Waals surface area contributed by atoms with Crippen LogP contribution in [0.5, 0.6) is 0 Å². The van der Waals surface area contributed by atoms with E-state index in [0.717, 1.165) is 6.42 Å². The van der Waals surface area contributed by atoms with Crippen LogP contribution in [0.2, 0.25) is 0 Å². The zero-order chi connectivity index (χ0) is 8.97. The highest BCUT2D eigenvalue weighted by molar-refractivity contribution is 5.75. The molecule has 0 aromatic carbocycles. The van der Waals surface area contributed by atoms with Crippen LogP contribution in [0.25, 0.3) is 0 Å². The van der Waals surface area contributed by atoms with E-state index in [-0.39, 0.29) is 11.9 Å². The van der Waals surface area contributed by atoms with E-state index in [1.165, 1.54) is 0 Å². The Balaban J connectivity index is 2.34. The Morgan fingerprint density at radius 1 is 1.83 bits per heavy atom. The van der Waals surface area contributed by atoms with Crippen molar-refractivity contribution in [2.24, 2.45) is 11.7 Å². The lowest BCUT2D eigenvalue weighted by Gasteiger charge is -2.15. The molecule has 70 valence electrons. The highest BCUT2D eigenvalue weighted by Gasteiger charge is 2.28. The van der Waals surface area contributed by atoms with Gasteiger partial charge in [0.1, 0.15) is 6.04 Å². The number of rotatable bonds is 3. The first-order valence-electron chi connectivity index (χ1n) is 4.25. The second-order valence-corrected chi connectivity index (χ2v) is 2.90.